The van der Waals surface area contributed by atoms with Crippen LogP contribution in [0.15, 0.2) is 73.1 Å². The highest BCUT2D eigenvalue weighted by Gasteiger charge is 2.29. The number of aryl methyl sites for hydroxylation is 1. The second-order valence-electron chi connectivity index (χ2n) is 9.82. The van der Waals surface area contributed by atoms with E-state index in [1.165, 1.54) is 6.07 Å². The Morgan fingerprint density at radius 2 is 1.82 bits per heavy atom. The van der Waals surface area contributed by atoms with Crippen LogP contribution >= 0.6 is 0 Å². The SMILES string of the molecule is Cc1cc(-c2cnc(C(=O)Nc3cccc(F)c3N3CCC(C(=O)N[C@H](C)c4ccccc4)CC3)[nH]2)ccn1. The number of rotatable bonds is 7. The standard InChI is InChI=1S/C30H31FN6O2/c1-19-17-23(11-14-32-19)26-18-33-28(35-26)30(39)36-25-10-6-9-24(31)27(25)37-15-12-22(13-16-37)29(38)34-20(2)21-7-4-3-5-8-21/h3-11,14,17-18,20,22H,12-13,15-16H2,1-2H3,(H,33,35)(H,34,38)(H,36,39)/t20-/m1/s1. The molecule has 5 rings (SSSR count). The van der Waals surface area contributed by atoms with Gasteiger partial charge in [0.1, 0.15) is 5.82 Å². The average molecular weight is 527 g/mol. The van der Waals surface area contributed by atoms with E-state index in [0.717, 1.165) is 16.8 Å². The Kier molecular flexibility index (Phi) is 7.67. The number of halogens is 1. The van der Waals surface area contributed by atoms with E-state index in [-0.39, 0.29) is 23.7 Å². The second-order valence-corrected chi connectivity index (χ2v) is 9.82. The van der Waals surface area contributed by atoms with Gasteiger partial charge in [-0.25, -0.2) is 9.37 Å². The number of piperidine rings is 1. The highest BCUT2D eigenvalue weighted by atomic mass is 19.1. The summed E-state index contributed by atoms with van der Waals surface area (Å²) in [6.07, 6.45) is 4.45. The van der Waals surface area contributed by atoms with Gasteiger partial charge in [-0.3, -0.25) is 14.6 Å². The summed E-state index contributed by atoms with van der Waals surface area (Å²) in [5.41, 5.74) is 4.13. The highest BCUT2D eigenvalue weighted by molar-refractivity contribution is 6.04. The van der Waals surface area contributed by atoms with Gasteiger partial charge in [0, 0.05) is 36.5 Å². The number of H-pyrrole nitrogens is 1. The minimum absolute atomic E-state index is 0.00563. The Bertz CT molecular complexity index is 1460. The first-order chi connectivity index (χ1) is 18.9. The third-order valence-electron chi connectivity index (χ3n) is 7.07. The van der Waals surface area contributed by atoms with Crippen LogP contribution in [0.2, 0.25) is 0 Å². The lowest BCUT2D eigenvalue weighted by atomic mass is 9.94. The van der Waals surface area contributed by atoms with Crippen molar-refractivity contribution < 1.29 is 14.0 Å². The minimum Gasteiger partial charge on any atom is -0.367 e. The van der Waals surface area contributed by atoms with Gasteiger partial charge >= 0.3 is 0 Å². The number of hydrogen-bond acceptors (Lipinski definition) is 5. The first-order valence-corrected chi connectivity index (χ1v) is 13.1. The van der Waals surface area contributed by atoms with Crippen molar-refractivity contribution in [2.45, 2.75) is 32.7 Å². The molecule has 0 aliphatic carbocycles. The Labute approximate surface area is 226 Å². The first kappa shape index (κ1) is 26.1. The molecule has 3 heterocycles. The lowest BCUT2D eigenvalue weighted by Crippen LogP contribution is -2.41. The minimum atomic E-state index is -0.469. The smallest absolute Gasteiger partial charge is 0.291 e. The Morgan fingerprint density at radius 1 is 1.05 bits per heavy atom. The van der Waals surface area contributed by atoms with Gasteiger partial charge in [0.25, 0.3) is 5.91 Å². The second kappa shape index (κ2) is 11.5. The molecule has 0 radical (unpaired) electrons. The van der Waals surface area contributed by atoms with E-state index in [2.05, 4.69) is 25.6 Å². The number of anilines is 2. The topological polar surface area (TPSA) is 103 Å². The molecular weight excluding hydrogens is 495 g/mol. The Balaban J connectivity index is 1.24. The molecule has 1 saturated heterocycles. The number of amides is 2. The molecule has 39 heavy (non-hydrogen) atoms. The number of pyridine rings is 1. The zero-order chi connectivity index (χ0) is 27.4. The molecule has 3 N–H and O–H groups in total. The fraction of sp³-hybridized carbons (Fsp3) is 0.267. The number of nitrogens with one attached hydrogen (secondary N) is 3. The molecule has 1 fully saturated rings. The molecule has 2 aromatic heterocycles. The van der Waals surface area contributed by atoms with Gasteiger partial charge < -0.3 is 20.5 Å². The summed E-state index contributed by atoms with van der Waals surface area (Å²) in [6, 6.07) is 18.1. The van der Waals surface area contributed by atoms with Gasteiger partial charge in [0.2, 0.25) is 5.91 Å². The third kappa shape index (κ3) is 5.98. The van der Waals surface area contributed by atoms with Crippen molar-refractivity contribution in [2.75, 3.05) is 23.3 Å². The van der Waals surface area contributed by atoms with Crippen LogP contribution in [0.1, 0.15) is 47.7 Å². The molecule has 8 nitrogen and oxygen atoms in total. The van der Waals surface area contributed by atoms with Gasteiger partial charge in [-0.2, -0.15) is 0 Å². The van der Waals surface area contributed by atoms with Crippen LogP contribution in [0.25, 0.3) is 11.3 Å². The molecular formula is C30H31FN6O2. The maximum atomic E-state index is 15.1. The molecule has 0 saturated carbocycles. The van der Waals surface area contributed by atoms with Crippen LogP contribution in [0.5, 0.6) is 0 Å². The van der Waals surface area contributed by atoms with E-state index in [0.29, 0.717) is 43.0 Å². The zero-order valence-electron chi connectivity index (χ0n) is 21.9. The van der Waals surface area contributed by atoms with Crippen LogP contribution in [-0.4, -0.2) is 39.9 Å². The number of hydrogen-bond donors (Lipinski definition) is 3. The molecule has 4 aromatic rings. The largest absolute Gasteiger partial charge is 0.367 e. The van der Waals surface area contributed by atoms with Crippen molar-refractivity contribution in [3.05, 3.63) is 96.0 Å². The van der Waals surface area contributed by atoms with E-state index in [9.17, 15) is 9.59 Å². The van der Waals surface area contributed by atoms with E-state index < -0.39 is 11.7 Å². The number of imidazole rings is 1. The van der Waals surface area contributed by atoms with Gasteiger partial charge in [0.05, 0.1) is 29.3 Å². The van der Waals surface area contributed by atoms with Crippen molar-refractivity contribution in [2.24, 2.45) is 5.92 Å². The van der Waals surface area contributed by atoms with Crippen molar-refractivity contribution in [1.82, 2.24) is 20.3 Å². The molecule has 0 bridgehead atoms. The Morgan fingerprint density at radius 3 is 2.56 bits per heavy atom. The predicted molar refractivity (Wildman–Crippen MR) is 149 cm³/mol. The van der Waals surface area contributed by atoms with E-state index in [1.54, 1.807) is 24.5 Å². The van der Waals surface area contributed by atoms with Crippen molar-refractivity contribution in [3.63, 3.8) is 0 Å². The van der Waals surface area contributed by atoms with Crippen molar-refractivity contribution >= 4 is 23.2 Å². The molecule has 9 heteroatoms. The van der Waals surface area contributed by atoms with E-state index in [1.807, 2.05) is 61.2 Å². The van der Waals surface area contributed by atoms with Gasteiger partial charge in [-0.1, -0.05) is 36.4 Å². The summed E-state index contributed by atoms with van der Waals surface area (Å²) in [6.45, 7) is 4.85. The maximum Gasteiger partial charge on any atom is 0.291 e. The fourth-order valence-corrected chi connectivity index (χ4v) is 4.94. The first-order valence-electron chi connectivity index (χ1n) is 13.1. The van der Waals surface area contributed by atoms with Crippen LogP contribution in [0, 0.1) is 18.7 Å². The molecule has 2 aromatic carbocycles. The maximum absolute atomic E-state index is 15.1. The number of para-hydroxylation sites is 1. The molecule has 0 spiro atoms. The zero-order valence-corrected chi connectivity index (χ0v) is 21.9. The lowest BCUT2D eigenvalue weighted by molar-refractivity contribution is -0.126. The number of nitrogens with zero attached hydrogens (tertiary/aromatic N) is 3. The summed E-state index contributed by atoms with van der Waals surface area (Å²) < 4.78 is 15.1. The van der Waals surface area contributed by atoms with Gasteiger partial charge in [-0.15, -0.1) is 0 Å². The number of benzene rings is 2. The summed E-state index contributed by atoms with van der Waals surface area (Å²) in [5.74, 6) is -0.928. The Hall–Kier alpha value is -4.53. The predicted octanol–water partition coefficient (Wildman–Crippen LogP) is 5.27. The average Bonchev–Trinajstić information content (AvgIpc) is 3.45. The summed E-state index contributed by atoms with van der Waals surface area (Å²) in [4.78, 5) is 39.3. The number of aromatic amines is 1. The number of carbonyl (C=O) groups is 2. The molecule has 200 valence electrons. The van der Waals surface area contributed by atoms with Gasteiger partial charge in [0.15, 0.2) is 5.82 Å². The summed E-state index contributed by atoms with van der Waals surface area (Å²) >= 11 is 0. The number of aromatic nitrogens is 3. The molecule has 0 unspecified atom stereocenters. The normalized spacial score (nSPS) is 14.6. The van der Waals surface area contributed by atoms with Crippen molar-refractivity contribution in [1.29, 1.82) is 0 Å². The number of carbonyl (C=O) groups excluding carboxylic acids is 2. The van der Waals surface area contributed by atoms with E-state index >= 15 is 4.39 Å². The van der Waals surface area contributed by atoms with E-state index in [4.69, 9.17) is 0 Å². The molecule has 1 aliphatic rings. The van der Waals surface area contributed by atoms with Gasteiger partial charge in [-0.05, 0) is 56.5 Å². The highest BCUT2D eigenvalue weighted by Crippen LogP contribution is 2.33. The fourth-order valence-electron chi connectivity index (χ4n) is 4.94. The van der Waals surface area contributed by atoms with Crippen LogP contribution in [-0.2, 0) is 4.79 Å². The molecule has 2 amide bonds. The monoisotopic (exact) mass is 526 g/mol. The third-order valence-corrected chi connectivity index (χ3v) is 7.07. The van der Waals surface area contributed by atoms with Crippen LogP contribution in [0.4, 0.5) is 15.8 Å². The molecule has 1 atom stereocenters. The molecule has 1 aliphatic heterocycles. The van der Waals surface area contributed by atoms with Crippen LogP contribution < -0.4 is 15.5 Å². The summed E-state index contributed by atoms with van der Waals surface area (Å²) in [7, 11) is 0. The van der Waals surface area contributed by atoms with Crippen LogP contribution in [0.3, 0.4) is 0 Å². The van der Waals surface area contributed by atoms with Crippen molar-refractivity contribution in [3.8, 4) is 11.3 Å². The lowest BCUT2D eigenvalue weighted by Gasteiger charge is -2.34. The quantitative estimate of drug-likeness (QED) is 0.305. The summed E-state index contributed by atoms with van der Waals surface area (Å²) in [5, 5.41) is 5.92.